The fourth-order valence-corrected chi connectivity index (χ4v) is 2.78. The van der Waals surface area contributed by atoms with Crippen LogP contribution in [0.2, 0.25) is 0 Å². The lowest BCUT2D eigenvalue weighted by molar-refractivity contribution is -0.138. The number of nitrogens with two attached hydrogens (primary N) is 1. The Kier molecular flexibility index (Phi) is 10.3. The van der Waals surface area contributed by atoms with Crippen molar-refractivity contribution in [1.82, 2.24) is 5.32 Å². The molecule has 2 atom stereocenters. The number of nitrogens with one attached hydrogen (secondary N) is 1. The first-order valence-corrected chi connectivity index (χ1v) is 9.51. The van der Waals surface area contributed by atoms with Crippen LogP contribution in [0.4, 0.5) is 4.39 Å². The van der Waals surface area contributed by atoms with Crippen LogP contribution in [0, 0.1) is 5.92 Å². The molecule has 5 N–H and O–H groups in total. The molecule has 1 aromatic rings. The van der Waals surface area contributed by atoms with Crippen molar-refractivity contribution in [3.05, 3.63) is 71.3 Å². The molecule has 30 heavy (non-hydrogen) atoms. The number of allylic oxidation sites excluding steroid dienone is 3. The van der Waals surface area contributed by atoms with E-state index < -0.39 is 17.6 Å². The van der Waals surface area contributed by atoms with Gasteiger partial charge >= 0.3 is 5.97 Å². The molecule has 0 aliphatic heterocycles. The molecule has 8 heteroatoms. The van der Waals surface area contributed by atoms with Crippen LogP contribution in [0.3, 0.4) is 0 Å². The molecule has 2 unspecified atom stereocenters. The van der Waals surface area contributed by atoms with E-state index in [0.717, 1.165) is 17.7 Å². The lowest BCUT2D eigenvalue weighted by atomic mass is 9.93. The normalized spacial score (nSPS) is 15.2. The van der Waals surface area contributed by atoms with E-state index in [1.165, 1.54) is 0 Å². The summed E-state index contributed by atoms with van der Waals surface area (Å²) in [6, 6.07) is 7.42. The highest BCUT2D eigenvalue weighted by molar-refractivity contribution is 5.97. The summed E-state index contributed by atoms with van der Waals surface area (Å²) in [5, 5.41) is 25.2. The summed E-state index contributed by atoms with van der Waals surface area (Å²) in [5.41, 5.74) is 8.10. The van der Waals surface area contributed by atoms with Gasteiger partial charge in [-0.1, -0.05) is 42.9 Å². The Labute approximate surface area is 176 Å². The average Bonchev–Trinajstić information content (AvgIpc) is 2.70. The standard InChI is InChI=1S/C22H30FN3O4/c1-5-20(27)18(23)10-15(3)13-30-26-22(24)17-8-6-16(7-9-17)19(25-4)11-14(2)12-21(28)29/h5-10,14,19,25,27H,1,11-13H2,2-4H3,(H2,24,26)(H,28,29)/b15-10+,20-18-. The van der Waals surface area contributed by atoms with Gasteiger partial charge in [-0.2, -0.15) is 0 Å². The van der Waals surface area contributed by atoms with Crippen molar-refractivity contribution in [2.75, 3.05) is 13.7 Å². The fraction of sp³-hybridized carbons (Fsp3) is 0.364. The Morgan fingerprint density at radius 2 is 2.00 bits per heavy atom. The minimum Gasteiger partial charge on any atom is -0.505 e. The Morgan fingerprint density at radius 1 is 1.37 bits per heavy atom. The molecule has 1 rings (SSSR count). The van der Waals surface area contributed by atoms with E-state index in [2.05, 4.69) is 17.1 Å². The van der Waals surface area contributed by atoms with Gasteiger partial charge in [0.2, 0.25) is 0 Å². The number of nitrogens with zero attached hydrogens (tertiary/aromatic N) is 1. The summed E-state index contributed by atoms with van der Waals surface area (Å²) < 4.78 is 13.5. The van der Waals surface area contributed by atoms with Gasteiger partial charge in [0.25, 0.3) is 0 Å². The van der Waals surface area contributed by atoms with E-state index in [-0.39, 0.29) is 30.8 Å². The Balaban J connectivity index is 2.73. The monoisotopic (exact) mass is 419 g/mol. The number of aliphatic carboxylic acids is 1. The molecule has 0 radical (unpaired) electrons. The number of rotatable bonds is 12. The molecule has 0 aliphatic rings. The highest BCUT2D eigenvalue weighted by Crippen LogP contribution is 2.23. The Hall–Kier alpha value is -3.13. The third-order valence-electron chi connectivity index (χ3n) is 4.38. The third-order valence-corrected chi connectivity index (χ3v) is 4.38. The lowest BCUT2D eigenvalue weighted by Gasteiger charge is -2.20. The smallest absolute Gasteiger partial charge is 0.303 e. The molecule has 1 aromatic carbocycles. The van der Waals surface area contributed by atoms with E-state index in [1.54, 1.807) is 19.1 Å². The average molecular weight is 419 g/mol. The predicted octanol–water partition coefficient (Wildman–Crippen LogP) is 3.96. The molecular formula is C22H30FN3O4. The van der Waals surface area contributed by atoms with E-state index in [0.29, 0.717) is 17.6 Å². The molecule has 7 nitrogen and oxygen atoms in total. The number of hydrogen-bond acceptors (Lipinski definition) is 5. The SMILES string of the molecule is C=C/C(O)=C(F)\C=C(/C)CO/N=C(\N)c1ccc(C(CC(C)CC(=O)O)NC)cc1. The van der Waals surface area contributed by atoms with Crippen molar-refractivity contribution >= 4 is 11.8 Å². The van der Waals surface area contributed by atoms with Gasteiger partial charge in [-0.15, -0.1) is 0 Å². The van der Waals surface area contributed by atoms with E-state index in [4.69, 9.17) is 15.7 Å². The number of oxime groups is 1. The Morgan fingerprint density at radius 3 is 2.53 bits per heavy atom. The summed E-state index contributed by atoms with van der Waals surface area (Å²) >= 11 is 0. The van der Waals surface area contributed by atoms with Crippen molar-refractivity contribution < 1.29 is 24.2 Å². The van der Waals surface area contributed by atoms with Crippen molar-refractivity contribution in [3.63, 3.8) is 0 Å². The zero-order chi connectivity index (χ0) is 22.7. The number of carboxylic acids is 1. The Bertz CT molecular complexity index is 816. The number of benzene rings is 1. The summed E-state index contributed by atoms with van der Waals surface area (Å²) in [4.78, 5) is 16.0. The number of carboxylic acid groups (broad SMARTS) is 1. The van der Waals surface area contributed by atoms with Crippen molar-refractivity contribution in [2.24, 2.45) is 16.8 Å². The molecular weight excluding hydrogens is 389 g/mol. The molecule has 164 valence electrons. The second-order valence-electron chi connectivity index (χ2n) is 7.08. The van der Waals surface area contributed by atoms with Crippen molar-refractivity contribution in [1.29, 1.82) is 0 Å². The van der Waals surface area contributed by atoms with Gasteiger partial charge in [-0.3, -0.25) is 4.79 Å². The van der Waals surface area contributed by atoms with Gasteiger partial charge in [0, 0.05) is 18.0 Å². The second-order valence-corrected chi connectivity index (χ2v) is 7.08. The number of aliphatic hydroxyl groups is 1. The van der Waals surface area contributed by atoms with Crippen LogP contribution in [0.5, 0.6) is 0 Å². The number of amidine groups is 1. The highest BCUT2D eigenvalue weighted by atomic mass is 19.1. The van der Waals surface area contributed by atoms with Gasteiger partial charge in [0.15, 0.2) is 17.4 Å². The van der Waals surface area contributed by atoms with Crippen molar-refractivity contribution in [2.45, 2.75) is 32.7 Å². The van der Waals surface area contributed by atoms with Gasteiger partial charge in [0.1, 0.15) is 6.61 Å². The fourth-order valence-electron chi connectivity index (χ4n) is 2.78. The topological polar surface area (TPSA) is 117 Å². The van der Waals surface area contributed by atoms with Gasteiger partial charge in [-0.25, -0.2) is 4.39 Å². The van der Waals surface area contributed by atoms with Crippen LogP contribution < -0.4 is 11.1 Å². The summed E-state index contributed by atoms with van der Waals surface area (Å²) in [5.74, 6) is -1.97. The maximum atomic E-state index is 13.5. The molecule has 0 aromatic heterocycles. The summed E-state index contributed by atoms with van der Waals surface area (Å²) in [7, 11) is 1.83. The van der Waals surface area contributed by atoms with Crippen LogP contribution >= 0.6 is 0 Å². The number of halogens is 1. The number of aliphatic hydroxyl groups excluding tert-OH is 1. The molecule has 0 heterocycles. The first-order chi connectivity index (χ1) is 14.2. The quantitative estimate of drug-likeness (QED) is 0.134. The first kappa shape index (κ1) is 24.9. The third kappa shape index (κ3) is 8.48. The van der Waals surface area contributed by atoms with Crippen LogP contribution in [0.1, 0.15) is 43.9 Å². The highest BCUT2D eigenvalue weighted by Gasteiger charge is 2.16. The maximum Gasteiger partial charge on any atom is 0.303 e. The minimum absolute atomic E-state index is 0.0000784. The molecule has 0 aliphatic carbocycles. The second kappa shape index (κ2) is 12.4. The first-order valence-electron chi connectivity index (χ1n) is 9.51. The van der Waals surface area contributed by atoms with Crippen LogP contribution in [0.25, 0.3) is 0 Å². The molecule has 0 amide bonds. The lowest BCUT2D eigenvalue weighted by Crippen LogP contribution is -2.20. The summed E-state index contributed by atoms with van der Waals surface area (Å²) in [6.07, 6.45) is 2.94. The van der Waals surface area contributed by atoms with E-state index >= 15 is 0 Å². The molecule has 0 bridgehead atoms. The van der Waals surface area contributed by atoms with Gasteiger partial charge in [0.05, 0.1) is 0 Å². The zero-order valence-corrected chi connectivity index (χ0v) is 17.6. The molecule has 0 fully saturated rings. The number of hydrogen-bond donors (Lipinski definition) is 4. The maximum absolute atomic E-state index is 13.5. The largest absolute Gasteiger partial charge is 0.505 e. The molecule has 0 spiro atoms. The van der Waals surface area contributed by atoms with E-state index in [1.807, 2.05) is 26.1 Å². The van der Waals surface area contributed by atoms with Crippen LogP contribution in [-0.4, -0.2) is 35.7 Å². The van der Waals surface area contributed by atoms with Crippen LogP contribution in [0.15, 0.2) is 65.3 Å². The van der Waals surface area contributed by atoms with Crippen LogP contribution in [-0.2, 0) is 9.63 Å². The number of carbonyl (C=O) groups is 1. The summed E-state index contributed by atoms with van der Waals surface area (Å²) in [6.45, 7) is 6.81. The molecule has 0 saturated carbocycles. The van der Waals surface area contributed by atoms with Crippen molar-refractivity contribution in [3.8, 4) is 0 Å². The minimum atomic E-state index is -0.810. The van der Waals surface area contributed by atoms with Gasteiger partial charge < -0.3 is 26.1 Å². The predicted molar refractivity (Wildman–Crippen MR) is 116 cm³/mol. The van der Waals surface area contributed by atoms with Gasteiger partial charge in [-0.05, 0) is 49.6 Å². The molecule has 0 saturated heterocycles. The zero-order valence-electron chi connectivity index (χ0n) is 17.6. The van der Waals surface area contributed by atoms with E-state index in [9.17, 15) is 14.3 Å².